The fraction of sp³-hybridized carbons (Fsp3) is 0.118. The number of hydrogen-bond donors (Lipinski definition) is 3. The predicted molar refractivity (Wildman–Crippen MR) is 94.3 cm³/mol. The van der Waals surface area contributed by atoms with E-state index in [0.29, 0.717) is 11.3 Å². The Labute approximate surface area is 153 Å². The number of nitrogens with zero attached hydrogens (tertiary/aromatic N) is 1. The lowest BCUT2D eigenvalue weighted by molar-refractivity contribution is -0.123. The van der Waals surface area contributed by atoms with Gasteiger partial charge in [0.1, 0.15) is 5.75 Å². The summed E-state index contributed by atoms with van der Waals surface area (Å²) in [5, 5.41) is 11.4. The molecule has 8 heteroatoms. The average molecular weight is 403 g/mol. The number of hydrogen-bond acceptors (Lipinski definition) is 4. The summed E-state index contributed by atoms with van der Waals surface area (Å²) >= 11 is 3.30. The van der Waals surface area contributed by atoms with Gasteiger partial charge in [-0.25, -0.2) is 10.2 Å². The SMILES string of the molecule is N#Cc1cccc(CNC(=O)NNC(=O)COc2ccc(Br)cc2)c1. The Bertz CT molecular complexity index is 787. The van der Waals surface area contributed by atoms with Crippen LogP contribution in [0.15, 0.2) is 53.0 Å². The van der Waals surface area contributed by atoms with Crippen molar-refractivity contribution < 1.29 is 14.3 Å². The van der Waals surface area contributed by atoms with Gasteiger partial charge in [0, 0.05) is 11.0 Å². The highest BCUT2D eigenvalue weighted by Gasteiger charge is 2.05. The van der Waals surface area contributed by atoms with E-state index in [1.54, 1.807) is 48.5 Å². The standard InChI is InChI=1S/C17H15BrN4O3/c18-14-4-6-15(7-5-14)25-11-16(23)21-22-17(24)20-10-13-3-1-2-12(8-13)9-19/h1-8H,10-11H2,(H,21,23)(H2,20,22,24). The normalized spacial score (nSPS) is 9.60. The molecular weight excluding hydrogens is 388 g/mol. The van der Waals surface area contributed by atoms with Crippen molar-refractivity contribution in [2.75, 3.05) is 6.61 Å². The number of hydrazine groups is 1. The van der Waals surface area contributed by atoms with Crippen LogP contribution in [0.2, 0.25) is 0 Å². The van der Waals surface area contributed by atoms with Crippen LogP contribution in [0.5, 0.6) is 5.75 Å². The van der Waals surface area contributed by atoms with Crippen LogP contribution < -0.4 is 20.9 Å². The zero-order valence-corrected chi connectivity index (χ0v) is 14.7. The van der Waals surface area contributed by atoms with Crippen molar-refractivity contribution in [3.05, 3.63) is 64.1 Å². The number of ether oxygens (including phenoxy) is 1. The molecule has 3 N–H and O–H groups in total. The predicted octanol–water partition coefficient (Wildman–Crippen LogP) is 2.23. The Morgan fingerprint density at radius 3 is 2.60 bits per heavy atom. The molecule has 0 bridgehead atoms. The number of halogens is 1. The lowest BCUT2D eigenvalue weighted by Gasteiger charge is -2.10. The van der Waals surface area contributed by atoms with Gasteiger partial charge in [0.2, 0.25) is 0 Å². The van der Waals surface area contributed by atoms with E-state index in [4.69, 9.17) is 10.00 Å². The molecule has 2 rings (SSSR count). The molecule has 0 saturated heterocycles. The molecule has 2 aromatic carbocycles. The fourth-order valence-electron chi connectivity index (χ4n) is 1.82. The lowest BCUT2D eigenvalue weighted by Crippen LogP contribution is -2.48. The first-order valence-corrected chi connectivity index (χ1v) is 8.06. The molecule has 0 spiro atoms. The summed E-state index contributed by atoms with van der Waals surface area (Å²) < 4.78 is 6.18. The maximum atomic E-state index is 11.6. The minimum absolute atomic E-state index is 0.229. The minimum Gasteiger partial charge on any atom is -0.484 e. The number of benzene rings is 2. The molecule has 2 aromatic rings. The summed E-state index contributed by atoms with van der Waals surface area (Å²) in [5.74, 6) is 0.0460. The molecule has 0 radical (unpaired) electrons. The van der Waals surface area contributed by atoms with Crippen molar-refractivity contribution in [3.8, 4) is 11.8 Å². The minimum atomic E-state index is -0.570. The number of carbonyl (C=O) groups excluding carboxylic acids is 2. The fourth-order valence-corrected chi connectivity index (χ4v) is 2.08. The van der Waals surface area contributed by atoms with Gasteiger partial charge in [-0.15, -0.1) is 0 Å². The summed E-state index contributed by atoms with van der Waals surface area (Å²) in [4.78, 5) is 23.3. The lowest BCUT2D eigenvalue weighted by atomic mass is 10.1. The molecule has 0 aliphatic carbocycles. The number of urea groups is 1. The average Bonchev–Trinajstić information content (AvgIpc) is 2.64. The number of carbonyl (C=O) groups is 2. The Hall–Kier alpha value is -3.05. The van der Waals surface area contributed by atoms with E-state index in [1.165, 1.54) is 0 Å². The monoisotopic (exact) mass is 402 g/mol. The Kier molecular flexibility index (Phi) is 6.80. The topological polar surface area (TPSA) is 103 Å². The highest BCUT2D eigenvalue weighted by molar-refractivity contribution is 9.10. The summed E-state index contributed by atoms with van der Waals surface area (Å²) in [7, 11) is 0. The molecule has 0 aromatic heterocycles. The van der Waals surface area contributed by atoms with Gasteiger partial charge >= 0.3 is 6.03 Å². The Balaban J connectivity index is 1.67. The molecular formula is C17H15BrN4O3. The van der Waals surface area contributed by atoms with Gasteiger partial charge in [0.05, 0.1) is 11.6 Å². The van der Waals surface area contributed by atoms with Gasteiger partial charge < -0.3 is 10.1 Å². The second-order valence-corrected chi connectivity index (χ2v) is 5.83. The van der Waals surface area contributed by atoms with Crippen molar-refractivity contribution in [1.29, 1.82) is 5.26 Å². The zero-order chi connectivity index (χ0) is 18.1. The first kappa shape index (κ1) is 18.3. The van der Waals surface area contributed by atoms with E-state index in [0.717, 1.165) is 10.0 Å². The van der Waals surface area contributed by atoms with E-state index < -0.39 is 11.9 Å². The first-order chi connectivity index (χ1) is 12.1. The molecule has 0 atom stereocenters. The van der Waals surface area contributed by atoms with Crippen LogP contribution in [0.4, 0.5) is 4.79 Å². The van der Waals surface area contributed by atoms with Crippen molar-refractivity contribution in [2.45, 2.75) is 6.54 Å². The quantitative estimate of drug-likeness (QED) is 0.667. The highest BCUT2D eigenvalue weighted by atomic mass is 79.9. The summed E-state index contributed by atoms with van der Waals surface area (Å²) in [6, 6.07) is 15.3. The number of nitriles is 1. The molecule has 0 saturated carbocycles. The molecule has 25 heavy (non-hydrogen) atoms. The van der Waals surface area contributed by atoms with E-state index in [9.17, 15) is 9.59 Å². The summed E-state index contributed by atoms with van der Waals surface area (Å²) in [6.07, 6.45) is 0. The van der Waals surface area contributed by atoms with Crippen LogP contribution in [-0.4, -0.2) is 18.5 Å². The highest BCUT2D eigenvalue weighted by Crippen LogP contribution is 2.15. The van der Waals surface area contributed by atoms with Crippen molar-refractivity contribution >= 4 is 27.9 Å². The smallest absolute Gasteiger partial charge is 0.333 e. The Morgan fingerprint density at radius 2 is 1.88 bits per heavy atom. The van der Waals surface area contributed by atoms with E-state index in [-0.39, 0.29) is 13.2 Å². The van der Waals surface area contributed by atoms with Crippen molar-refractivity contribution in [1.82, 2.24) is 16.2 Å². The molecule has 7 nitrogen and oxygen atoms in total. The second kappa shape index (κ2) is 9.30. The van der Waals surface area contributed by atoms with Gasteiger partial charge in [-0.2, -0.15) is 5.26 Å². The maximum Gasteiger partial charge on any atom is 0.333 e. The third kappa shape index (κ3) is 6.53. The molecule has 0 aliphatic rings. The van der Waals surface area contributed by atoms with Gasteiger partial charge in [0.25, 0.3) is 5.91 Å². The molecule has 0 unspecified atom stereocenters. The summed E-state index contributed by atoms with van der Waals surface area (Å²) in [6.45, 7) is -0.00125. The van der Waals surface area contributed by atoms with Crippen molar-refractivity contribution in [2.24, 2.45) is 0 Å². The van der Waals surface area contributed by atoms with Crippen LogP contribution >= 0.6 is 15.9 Å². The molecule has 3 amide bonds. The Morgan fingerprint density at radius 1 is 1.12 bits per heavy atom. The molecule has 0 fully saturated rings. The number of nitrogens with one attached hydrogen (secondary N) is 3. The van der Waals surface area contributed by atoms with Crippen LogP contribution in [0, 0.1) is 11.3 Å². The second-order valence-electron chi connectivity index (χ2n) is 4.91. The van der Waals surface area contributed by atoms with Crippen molar-refractivity contribution in [3.63, 3.8) is 0 Å². The van der Waals surface area contributed by atoms with Gasteiger partial charge in [0.15, 0.2) is 6.61 Å². The first-order valence-electron chi connectivity index (χ1n) is 7.27. The third-order valence-electron chi connectivity index (χ3n) is 3.01. The van der Waals surface area contributed by atoms with Crippen LogP contribution in [0.1, 0.15) is 11.1 Å². The molecule has 0 heterocycles. The molecule has 128 valence electrons. The van der Waals surface area contributed by atoms with Crippen LogP contribution in [0.3, 0.4) is 0 Å². The van der Waals surface area contributed by atoms with E-state index in [2.05, 4.69) is 32.1 Å². The summed E-state index contributed by atoms with van der Waals surface area (Å²) in [5.41, 5.74) is 5.75. The van der Waals surface area contributed by atoms with Crippen LogP contribution in [0.25, 0.3) is 0 Å². The zero-order valence-electron chi connectivity index (χ0n) is 13.1. The van der Waals surface area contributed by atoms with Crippen LogP contribution in [-0.2, 0) is 11.3 Å². The van der Waals surface area contributed by atoms with Gasteiger partial charge in [-0.05, 0) is 42.0 Å². The van der Waals surface area contributed by atoms with E-state index >= 15 is 0 Å². The largest absolute Gasteiger partial charge is 0.484 e. The number of rotatable bonds is 5. The van der Waals surface area contributed by atoms with Gasteiger partial charge in [-0.3, -0.25) is 10.2 Å². The maximum absolute atomic E-state index is 11.6. The third-order valence-corrected chi connectivity index (χ3v) is 3.54. The van der Waals surface area contributed by atoms with E-state index in [1.807, 2.05) is 6.07 Å². The molecule has 0 aliphatic heterocycles. The van der Waals surface area contributed by atoms with Gasteiger partial charge in [-0.1, -0.05) is 28.1 Å². The number of amides is 3.